The summed E-state index contributed by atoms with van der Waals surface area (Å²) >= 11 is 0. The molecule has 0 bridgehead atoms. The number of hydrogen-bond donors (Lipinski definition) is 1. The van der Waals surface area contributed by atoms with Gasteiger partial charge in [0, 0.05) is 18.3 Å². The minimum atomic E-state index is -0.0246. The molecule has 160 valence electrons. The predicted octanol–water partition coefficient (Wildman–Crippen LogP) is 5.86. The number of nitrogens with one attached hydrogen (secondary N) is 1. The first-order valence-electron chi connectivity index (χ1n) is 11.1. The second-order valence-electron chi connectivity index (χ2n) is 8.44. The molecule has 5 rings (SSSR count). The highest BCUT2D eigenvalue weighted by Gasteiger charge is 2.29. The second kappa shape index (κ2) is 8.79. The van der Waals surface area contributed by atoms with E-state index in [0.717, 1.165) is 29.2 Å². The van der Waals surface area contributed by atoms with Crippen molar-refractivity contribution in [3.8, 4) is 0 Å². The van der Waals surface area contributed by atoms with Crippen molar-refractivity contribution in [2.75, 3.05) is 16.8 Å². The Morgan fingerprint density at radius 3 is 2.53 bits per heavy atom. The molecule has 1 amide bonds. The average Bonchev–Trinajstić information content (AvgIpc) is 3.67. The zero-order valence-electron chi connectivity index (χ0n) is 18.1. The highest BCUT2D eigenvalue weighted by molar-refractivity contribution is 6.07. The van der Waals surface area contributed by atoms with Gasteiger partial charge in [0.1, 0.15) is 5.82 Å². The molecule has 0 saturated heterocycles. The van der Waals surface area contributed by atoms with Crippen LogP contribution in [0.3, 0.4) is 0 Å². The van der Waals surface area contributed by atoms with Crippen LogP contribution in [0, 0.1) is 5.92 Å². The summed E-state index contributed by atoms with van der Waals surface area (Å²) in [7, 11) is 0. The molecule has 1 aromatic heterocycles. The molecule has 1 saturated carbocycles. The standard InChI is InChI=1S/C27H26N4O/c1-19(21-7-3-2-4-8-21)29-27-28-16-15-25(30-27)31(18-20-11-12-20)26(32)24-14-13-22-9-5-6-10-23(22)17-24/h2-10,13-17,19-20H,11-12,18H2,1H3,(H,28,29,30)/t19-/m0/s1. The largest absolute Gasteiger partial charge is 0.348 e. The molecule has 1 aliphatic rings. The van der Waals surface area contributed by atoms with E-state index in [-0.39, 0.29) is 11.9 Å². The lowest BCUT2D eigenvalue weighted by Gasteiger charge is -2.23. The first kappa shape index (κ1) is 20.2. The molecular weight excluding hydrogens is 396 g/mol. The summed E-state index contributed by atoms with van der Waals surface area (Å²) in [6, 6.07) is 26.0. The number of benzene rings is 3. The van der Waals surface area contributed by atoms with Gasteiger partial charge >= 0.3 is 0 Å². The maximum atomic E-state index is 13.6. The van der Waals surface area contributed by atoms with Crippen molar-refractivity contribution in [1.82, 2.24) is 9.97 Å². The van der Waals surface area contributed by atoms with E-state index >= 15 is 0 Å². The number of carbonyl (C=O) groups excluding carboxylic acids is 1. The fourth-order valence-electron chi connectivity index (χ4n) is 3.91. The van der Waals surface area contributed by atoms with Gasteiger partial charge in [-0.25, -0.2) is 4.98 Å². The molecule has 1 aliphatic carbocycles. The molecular formula is C27H26N4O. The molecule has 1 atom stereocenters. The molecule has 0 unspecified atom stereocenters. The fourth-order valence-corrected chi connectivity index (χ4v) is 3.91. The molecule has 0 aliphatic heterocycles. The van der Waals surface area contributed by atoms with Gasteiger partial charge < -0.3 is 5.32 Å². The van der Waals surface area contributed by atoms with Crippen LogP contribution in [-0.4, -0.2) is 22.4 Å². The van der Waals surface area contributed by atoms with Crippen LogP contribution in [0.5, 0.6) is 0 Å². The minimum Gasteiger partial charge on any atom is -0.348 e. The number of nitrogens with zero attached hydrogens (tertiary/aromatic N) is 3. The van der Waals surface area contributed by atoms with Crippen molar-refractivity contribution in [1.29, 1.82) is 0 Å². The third-order valence-electron chi connectivity index (χ3n) is 5.94. The van der Waals surface area contributed by atoms with E-state index in [4.69, 9.17) is 4.98 Å². The summed E-state index contributed by atoms with van der Waals surface area (Å²) in [5.41, 5.74) is 1.83. The molecule has 1 N–H and O–H groups in total. The van der Waals surface area contributed by atoms with Gasteiger partial charge in [-0.15, -0.1) is 0 Å². The first-order chi connectivity index (χ1) is 15.7. The number of anilines is 2. The van der Waals surface area contributed by atoms with E-state index in [1.165, 1.54) is 0 Å². The Morgan fingerprint density at radius 2 is 1.75 bits per heavy atom. The number of aromatic nitrogens is 2. The van der Waals surface area contributed by atoms with Crippen LogP contribution in [0.25, 0.3) is 10.8 Å². The quantitative estimate of drug-likeness (QED) is 0.405. The molecule has 0 spiro atoms. The lowest BCUT2D eigenvalue weighted by Crippen LogP contribution is -2.33. The Bertz CT molecular complexity index is 1240. The first-order valence-corrected chi connectivity index (χ1v) is 11.1. The molecule has 0 radical (unpaired) electrons. The second-order valence-corrected chi connectivity index (χ2v) is 8.44. The van der Waals surface area contributed by atoms with Crippen LogP contribution in [0.4, 0.5) is 11.8 Å². The fraction of sp³-hybridized carbons (Fsp3) is 0.222. The van der Waals surface area contributed by atoms with Gasteiger partial charge in [-0.05, 0) is 60.2 Å². The smallest absolute Gasteiger partial charge is 0.259 e. The Balaban J connectivity index is 1.42. The lowest BCUT2D eigenvalue weighted by molar-refractivity contribution is 0.0985. The van der Waals surface area contributed by atoms with Gasteiger partial charge in [0.15, 0.2) is 0 Å². The topological polar surface area (TPSA) is 58.1 Å². The van der Waals surface area contributed by atoms with Crippen molar-refractivity contribution in [2.45, 2.75) is 25.8 Å². The molecule has 5 heteroatoms. The Kier molecular flexibility index (Phi) is 5.55. The van der Waals surface area contributed by atoms with Gasteiger partial charge in [0.2, 0.25) is 5.95 Å². The number of rotatable bonds is 7. The number of carbonyl (C=O) groups is 1. The molecule has 5 nitrogen and oxygen atoms in total. The van der Waals surface area contributed by atoms with E-state index < -0.39 is 0 Å². The van der Waals surface area contributed by atoms with Crippen molar-refractivity contribution in [2.24, 2.45) is 5.92 Å². The monoisotopic (exact) mass is 422 g/mol. The van der Waals surface area contributed by atoms with E-state index in [0.29, 0.717) is 29.8 Å². The van der Waals surface area contributed by atoms with Crippen molar-refractivity contribution in [3.05, 3.63) is 96.2 Å². The number of amides is 1. The third-order valence-corrected chi connectivity index (χ3v) is 5.94. The predicted molar refractivity (Wildman–Crippen MR) is 129 cm³/mol. The molecule has 1 fully saturated rings. The normalized spacial score (nSPS) is 14.2. The van der Waals surface area contributed by atoms with E-state index in [2.05, 4.69) is 35.4 Å². The van der Waals surface area contributed by atoms with Crippen LogP contribution in [0.2, 0.25) is 0 Å². The van der Waals surface area contributed by atoms with Gasteiger partial charge in [0.05, 0.1) is 6.04 Å². The van der Waals surface area contributed by atoms with Gasteiger partial charge in [-0.1, -0.05) is 60.7 Å². The zero-order chi connectivity index (χ0) is 21.9. The van der Waals surface area contributed by atoms with Crippen LogP contribution in [-0.2, 0) is 0 Å². The number of fused-ring (bicyclic) bond motifs is 1. The van der Waals surface area contributed by atoms with Crippen molar-refractivity contribution < 1.29 is 4.79 Å². The highest BCUT2D eigenvalue weighted by Crippen LogP contribution is 2.32. The highest BCUT2D eigenvalue weighted by atomic mass is 16.2. The molecule has 1 heterocycles. The summed E-state index contributed by atoms with van der Waals surface area (Å²) in [6.07, 6.45) is 4.03. The zero-order valence-corrected chi connectivity index (χ0v) is 18.1. The van der Waals surface area contributed by atoms with Gasteiger partial charge in [0.25, 0.3) is 5.91 Å². The van der Waals surface area contributed by atoms with E-state index in [1.54, 1.807) is 6.20 Å². The minimum absolute atomic E-state index is 0.0246. The van der Waals surface area contributed by atoms with Gasteiger partial charge in [-0.3, -0.25) is 9.69 Å². The van der Waals surface area contributed by atoms with E-state index in [9.17, 15) is 4.79 Å². The van der Waals surface area contributed by atoms with Crippen LogP contribution in [0.15, 0.2) is 85.1 Å². The average molecular weight is 423 g/mol. The van der Waals surface area contributed by atoms with Crippen molar-refractivity contribution in [3.63, 3.8) is 0 Å². The maximum absolute atomic E-state index is 13.6. The maximum Gasteiger partial charge on any atom is 0.259 e. The van der Waals surface area contributed by atoms with Crippen LogP contribution >= 0.6 is 0 Å². The van der Waals surface area contributed by atoms with Gasteiger partial charge in [-0.2, -0.15) is 4.98 Å². The van der Waals surface area contributed by atoms with Crippen LogP contribution < -0.4 is 10.2 Å². The summed E-state index contributed by atoms with van der Waals surface area (Å²) in [4.78, 5) is 24.5. The van der Waals surface area contributed by atoms with Crippen molar-refractivity contribution >= 4 is 28.4 Å². The summed E-state index contributed by atoms with van der Waals surface area (Å²) < 4.78 is 0. The Morgan fingerprint density at radius 1 is 1.00 bits per heavy atom. The summed E-state index contributed by atoms with van der Waals surface area (Å²) in [6.45, 7) is 2.75. The summed E-state index contributed by atoms with van der Waals surface area (Å²) in [5, 5.41) is 5.55. The SMILES string of the molecule is C[C@H](Nc1nccc(N(CC2CC2)C(=O)c2ccc3ccccc3c2)n1)c1ccccc1. The molecule has 4 aromatic rings. The summed E-state index contributed by atoms with van der Waals surface area (Å²) in [5.74, 6) is 1.66. The Hall–Kier alpha value is -3.73. The molecule has 3 aromatic carbocycles. The lowest BCUT2D eigenvalue weighted by atomic mass is 10.1. The van der Waals surface area contributed by atoms with Crippen LogP contribution in [0.1, 0.15) is 41.7 Å². The molecule has 32 heavy (non-hydrogen) atoms. The third kappa shape index (κ3) is 4.47. The Labute approximate surface area is 188 Å². The van der Waals surface area contributed by atoms with E-state index in [1.807, 2.05) is 65.6 Å². The number of hydrogen-bond acceptors (Lipinski definition) is 4.